The average Bonchev–Trinajstić information content (AvgIpc) is 3.08. The van der Waals surface area contributed by atoms with E-state index in [1.54, 1.807) is 11.1 Å². The summed E-state index contributed by atoms with van der Waals surface area (Å²) >= 11 is 0. The fourth-order valence-electron chi connectivity index (χ4n) is 3.48. The molecule has 1 heteroatoms. The van der Waals surface area contributed by atoms with Crippen LogP contribution in [-0.2, 0) is 5.41 Å². The Morgan fingerprint density at radius 1 is 1.00 bits per heavy atom. The molecule has 18 heavy (non-hydrogen) atoms. The zero-order valence-electron chi connectivity index (χ0n) is 11.9. The molecule has 2 atom stereocenters. The molecule has 0 radical (unpaired) electrons. The van der Waals surface area contributed by atoms with E-state index in [0.717, 1.165) is 5.92 Å². The van der Waals surface area contributed by atoms with Crippen LogP contribution < -0.4 is 5.32 Å². The van der Waals surface area contributed by atoms with Crippen LogP contribution in [0.3, 0.4) is 0 Å². The highest BCUT2D eigenvalue weighted by Gasteiger charge is 2.38. The highest BCUT2D eigenvalue weighted by molar-refractivity contribution is 5.34. The monoisotopic (exact) mass is 243 g/mol. The molecule has 0 bridgehead atoms. The minimum Gasteiger partial charge on any atom is -0.312 e. The van der Waals surface area contributed by atoms with Gasteiger partial charge >= 0.3 is 0 Å². The summed E-state index contributed by atoms with van der Waals surface area (Å²) in [5, 5.41) is 3.62. The Bertz CT molecular complexity index is 406. The van der Waals surface area contributed by atoms with E-state index in [4.69, 9.17) is 0 Å². The second-order valence-corrected chi connectivity index (χ2v) is 6.82. The van der Waals surface area contributed by atoms with Gasteiger partial charge in [0.1, 0.15) is 0 Å². The van der Waals surface area contributed by atoms with Crippen LogP contribution in [0.15, 0.2) is 24.3 Å². The average molecular weight is 243 g/mol. The molecule has 1 heterocycles. The summed E-state index contributed by atoms with van der Waals surface area (Å²) in [4.78, 5) is 0. The van der Waals surface area contributed by atoms with E-state index >= 15 is 0 Å². The minimum atomic E-state index is 0.507. The summed E-state index contributed by atoms with van der Waals surface area (Å²) in [6.07, 6.45) is 5.30. The van der Waals surface area contributed by atoms with Crippen molar-refractivity contribution in [2.45, 2.75) is 69.9 Å². The lowest BCUT2D eigenvalue weighted by molar-refractivity contribution is 0.317. The van der Waals surface area contributed by atoms with E-state index in [2.05, 4.69) is 50.4 Å². The summed E-state index contributed by atoms with van der Waals surface area (Å²) in [5.74, 6) is 0.748. The third kappa shape index (κ3) is 2.33. The predicted molar refractivity (Wildman–Crippen MR) is 77.1 cm³/mol. The quantitative estimate of drug-likeness (QED) is 0.828. The van der Waals surface area contributed by atoms with Gasteiger partial charge in [-0.05, 0) is 62.0 Å². The number of hydrogen-bond donors (Lipinski definition) is 1. The fourth-order valence-corrected chi connectivity index (χ4v) is 3.48. The first-order valence-corrected chi connectivity index (χ1v) is 7.43. The number of nitrogens with one attached hydrogen (secondary N) is 1. The van der Waals surface area contributed by atoms with Crippen molar-refractivity contribution in [1.29, 1.82) is 0 Å². The summed E-state index contributed by atoms with van der Waals surface area (Å²) in [6.45, 7) is 7.00. The van der Waals surface area contributed by atoms with Crippen molar-refractivity contribution in [2.24, 2.45) is 0 Å². The Morgan fingerprint density at radius 3 is 2.06 bits per heavy atom. The summed E-state index contributed by atoms with van der Waals surface area (Å²) in [6, 6.07) is 10.8. The van der Waals surface area contributed by atoms with E-state index in [1.165, 1.54) is 25.7 Å². The number of benzene rings is 1. The van der Waals surface area contributed by atoms with Crippen molar-refractivity contribution in [1.82, 2.24) is 5.32 Å². The largest absolute Gasteiger partial charge is 0.312 e. The van der Waals surface area contributed by atoms with Gasteiger partial charge in [0.2, 0.25) is 0 Å². The van der Waals surface area contributed by atoms with Crippen molar-refractivity contribution in [3.8, 4) is 0 Å². The molecule has 0 amide bonds. The lowest BCUT2D eigenvalue weighted by Gasteiger charge is -2.33. The van der Waals surface area contributed by atoms with Gasteiger partial charge in [0.25, 0.3) is 0 Å². The van der Waals surface area contributed by atoms with Crippen LogP contribution in [0, 0.1) is 0 Å². The second-order valence-electron chi connectivity index (χ2n) is 6.82. The van der Waals surface area contributed by atoms with Crippen molar-refractivity contribution in [3.05, 3.63) is 35.4 Å². The topological polar surface area (TPSA) is 12.0 Å². The van der Waals surface area contributed by atoms with Crippen LogP contribution in [0.2, 0.25) is 0 Å². The zero-order chi connectivity index (χ0) is 12.8. The van der Waals surface area contributed by atoms with Crippen molar-refractivity contribution >= 4 is 0 Å². The molecule has 2 unspecified atom stereocenters. The van der Waals surface area contributed by atoms with E-state index < -0.39 is 0 Å². The molecule has 2 fully saturated rings. The third-order valence-electron chi connectivity index (χ3n) is 4.92. The fraction of sp³-hybridized carbons (Fsp3) is 0.647. The SMILES string of the molecule is CC1CC(c2ccc(C3(C)CC3)cc2)CC(C)N1. The van der Waals surface area contributed by atoms with Crippen LogP contribution in [-0.4, -0.2) is 12.1 Å². The first-order chi connectivity index (χ1) is 8.57. The lowest BCUT2D eigenvalue weighted by Crippen LogP contribution is -2.41. The molecule has 1 aliphatic carbocycles. The van der Waals surface area contributed by atoms with Crippen LogP contribution in [0.1, 0.15) is 63.5 Å². The number of rotatable bonds is 2. The Morgan fingerprint density at radius 2 is 1.56 bits per heavy atom. The molecule has 0 spiro atoms. The maximum absolute atomic E-state index is 3.62. The molecular weight excluding hydrogens is 218 g/mol. The summed E-state index contributed by atoms with van der Waals surface area (Å²) in [7, 11) is 0. The van der Waals surface area contributed by atoms with E-state index in [1.807, 2.05) is 0 Å². The van der Waals surface area contributed by atoms with E-state index in [-0.39, 0.29) is 0 Å². The van der Waals surface area contributed by atoms with Crippen molar-refractivity contribution in [2.75, 3.05) is 0 Å². The molecule has 98 valence electrons. The first kappa shape index (κ1) is 12.2. The molecule has 0 aromatic heterocycles. The van der Waals surface area contributed by atoms with Crippen LogP contribution in [0.4, 0.5) is 0 Å². The van der Waals surface area contributed by atoms with Gasteiger partial charge in [0, 0.05) is 12.1 Å². The molecule has 1 nitrogen and oxygen atoms in total. The van der Waals surface area contributed by atoms with Gasteiger partial charge in [-0.2, -0.15) is 0 Å². The summed E-state index contributed by atoms with van der Waals surface area (Å²) < 4.78 is 0. The van der Waals surface area contributed by atoms with Crippen LogP contribution in [0.25, 0.3) is 0 Å². The lowest BCUT2D eigenvalue weighted by atomic mass is 9.83. The third-order valence-corrected chi connectivity index (χ3v) is 4.92. The molecular formula is C17H25N. The standard InChI is InChI=1S/C17H25N/c1-12-10-15(11-13(2)18-12)14-4-6-16(7-5-14)17(3)8-9-17/h4-7,12-13,15,18H,8-11H2,1-3H3. The molecule has 2 aliphatic rings. The molecule has 1 N–H and O–H groups in total. The predicted octanol–water partition coefficient (Wildman–Crippen LogP) is 3.98. The van der Waals surface area contributed by atoms with Crippen LogP contribution in [0.5, 0.6) is 0 Å². The molecule has 1 saturated heterocycles. The normalized spacial score (nSPS) is 34.3. The van der Waals surface area contributed by atoms with Crippen LogP contribution >= 0.6 is 0 Å². The molecule has 1 aromatic rings. The molecule has 3 rings (SSSR count). The second kappa shape index (κ2) is 4.38. The zero-order valence-corrected chi connectivity index (χ0v) is 11.9. The van der Waals surface area contributed by atoms with Gasteiger partial charge in [-0.15, -0.1) is 0 Å². The van der Waals surface area contributed by atoms with Gasteiger partial charge in [0.05, 0.1) is 0 Å². The van der Waals surface area contributed by atoms with Gasteiger partial charge in [-0.25, -0.2) is 0 Å². The van der Waals surface area contributed by atoms with E-state index in [0.29, 0.717) is 17.5 Å². The maximum Gasteiger partial charge on any atom is 0.00470 e. The summed E-state index contributed by atoms with van der Waals surface area (Å²) in [5.41, 5.74) is 3.59. The van der Waals surface area contributed by atoms with Gasteiger partial charge in [-0.1, -0.05) is 31.2 Å². The minimum absolute atomic E-state index is 0.507. The molecule has 1 aromatic carbocycles. The van der Waals surface area contributed by atoms with Gasteiger partial charge in [0.15, 0.2) is 0 Å². The van der Waals surface area contributed by atoms with Gasteiger partial charge < -0.3 is 5.32 Å². The Balaban J connectivity index is 1.76. The first-order valence-electron chi connectivity index (χ1n) is 7.43. The number of hydrogen-bond acceptors (Lipinski definition) is 1. The Labute approximate surface area is 111 Å². The Hall–Kier alpha value is -0.820. The van der Waals surface area contributed by atoms with Crippen molar-refractivity contribution in [3.63, 3.8) is 0 Å². The number of piperidine rings is 1. The van der Waals surface area contributed by atoms with Crippen molar-refractivity contribution < 1.29 is 0 Å². The smallest absolute Gasteiger partial charge is 0.00470 e. The molecule has 1 aliphatic heterocycles. The van der Waals surface area contributed by atoms with E-state index in [9.17, 15) is 0 Å². The maximum atomic E-state index is 3.62. The highest BCUT2D eigenvalue weighted by atomic mass is 14.9. The molecule has 1 saturated carbocycles. The highest BCUT2D eigenvalue weighted by Crippen LogP contribution is 2.47. The van der Waals surface area contributed by atoms with Gasteiger partial charge in [-0.3, -0.25) is 0 Å². The Kier molecular flexibility index (Phi) is 2.97.